The lowest BCUT2D eigenvalue weighted by molar-refractivity contribution is -0.155. The summed E-state index contributed by atoms with van der Waals surface area (Å²) in [7, 11) is 0. The number of carbonyl (C=O) groups is 9. The summed E-state index contributed by atoms with van der Waals surface area (Å²) in [5.74, 6) is -7.79. The van der Waals surface area contributed by atoms with Gasteiger partial charge in [0.15, 0.2) is 0 Å². The Balaban J connectivity index is 1.35. The second-order valence-electron chi connectivity index (χ2n) is 16.3. The van der Waals surface area contributed by atoms with E-state index in [9.17, 15) is 43.2 Å². The van der Waals surface area contributed by atoms with E-state index in [-0.39, 0.29) is 111 Å². The van der Waals surface area contributed by atoms with Crippen LogP contribution in [0.1, 0.15) is 110 Å². The minimum Gasteiger partial charge on any atom is -0.494 e. The Morgan fingerprint density at radius 1 is 0.568 bits per heavy atom. The first-order chi connectivity index (χ1) is 35.6. The van der Waals surface area contributed by atoms with Gasteiger partial charge in [-0.3, -0.25) is 24.0 Å². The number of esters is 9. The van der Waals surface area contributed by atoms with Crippen LogP contribution in [-0.4, -0.2) is 119 Å². The number of carbonyl (C=O) groups excluding carboxylic acids is 9. The van der Waals surface area contributed by atoms with Crippen LogP contribution >= 0.6 is 0 Å². The van der Waals surface area contributed by atoms with Crippen molar-refractivity contribution in [2.45, 2.75) is 85.2 Å². The third kappa shape index (κ3) is 20.8. The quantitative estimate of drug-likeness (QED) is 0.0222. The molecular formula is C53H62O21. The molecule has 0 aromatic heterocycles. The van der Waals surface area contributed by atoms with E-state index in [0.29, 0.717) is 45.0 Å². The van der Waals surface area contributed by atoms with Crippen LogP contribution in [0.4, 0.5) is 0 Å². The standard InChI is InChI=1S/C53H62O21/c1-6-46(55)70-34(4)33-69-47(56)23-24-48(57)73-44-21-19-40(31-42(44)52(61)67-29-27-63-7-2)71-49(58)36-11-13-37(14-12-36)50(59)72-41-20-22-45(43(32-41)53(62)68-30-28-64-8-3)74-51(60)38-15-17-39(18-16-38)66-26-10-9-25-65-35(5)54/h6,15-22,31-32,34,36-37H,1,7-14,23-30,33H2,2-5H3. The molecule has 0 amide bonds. The fourth-order valence-corrected chi connectivity index (χ4v) is 6.83. The van der Waals surface area contributed by atoms with Crippen molar-refractivity contribution in [2.24, 2.45) is 11.8 Å². The number of hydrogen-bond acceptors (Lipinski definition) is 21. The molecule has 400 valence electrons. The monoisotopic (exact) mass is 1030 g/mol. The molecule has 1 atom stereocenters. The van der Waals surface area contributed by atoms with Crippen LogP contribution in [0.2, 0.25) is 0 Å². The van der Waals surface area contributed by atoms with Gasteiger partial charge in [0.25, 0.3) is 0 Å². The molecule has 21 nitrogen and oxygen atoms in total. The topological polar surface area (TPSA) is 264 Å². The van der Waals surface area contributed by atoms with Crippen molar-refractivity contribution >= 4 is 53.7 Å². The maximum Gasteiger partial charge on any atom is 0.343 e. The van der Waals surface area contributed by atoms with E-state index in [1.54, 1.807) is 26.0 Å². The third-order valence-electron chi connectivity index (χ3n) is 10.6. The Bertz CT molecular complexity index is 2400. The Morgan fingerprint density at radius 3 is 1.58 bits per heavy atom. The highest BCUT2D eigenvalue weighted by molar-refractivity contribution is 5.97. The van der Waals surface area contributed by atoms with Crippen molar-refractivity contribution in [3.63, 3.8) is 0 Å². The summed E-state index contributed by atoms with van der Waals surface area (Å²) >= 11 is 0. The van der Waals surface area contributed by atoms with Gasteiger partial charge in [0.2, 0.25) is 0 Å². The SMILES string of the molecule is C=CC(=O)OC(C)COC(=O)CCC(=O)Oc1ccc(OC(=O)C2CCC(C(=O)Oc3ccc(OC(=O)c4ccc(OCCCCOC(C)=O)cc4)c(C(=O)OCCOCC)c3)CC2)cc1C(=O)OCCOCC. The molecule has 1 aliphatic rings. The fraction of sp³-hybridized carbons (Fsp3) is 0.453. The molecule has 0 spiro atoms. The number of ether oxygens (including phenoxy) is 12. The highest BCUT2D eigenvalue weighted by Crippen LogP contribution is 2.34. The summed E-state index contributed by atoms with van der Waals surface area (Å²) in [6, 6.07) is 13.8. The van der Waals surface area contributed by atoms with Crippen LogP contribution in [0.5, 0.6) is 28.7 Å². The van der Waals surface area contributed by atoms with Crippen molar-refractivity contribution in [1.29, 1.82) is 0 Å². The second-order valence-corrected chi connectivity index (χ2v) is 16.3. The van der Waals surface area contributed by atoms with Gasteiger partial charge >= 0.3 is 53.7 Å². The molecule has 3 aromatic rings. The molecule has 0 saturated heterocycles. The smallest absolute Gasteiger partial charge is 0.343 e. The van der Waals surface area contributed by atoms with Gasteiger partial charge in [-0.05, 0) is 120 Å². The zero-order valence-electron chi connectivity index (χ0n) is 41.9. The average Bonchev–Trinajstić information content (AvgIpc) is 3.39. The van der Waals surface area contributed by atoms with E-state index in [0.717, 1.165) is 6.08 Å². The Hall–Kier alpha value is -7.65. The van der Waals surface area contributed by atoms with Gasteiger partial charge in [-0.1, -0.05) is 6.58 Å². The molecule has 0 radical (unpaired) electrons. The summed E-state index contributed by atoms with van der Waals surface area (Å²) < 4.78 is 64.0. The van der Waals surface area contributed by atoms with E-state index >= 15 is 0 Å². The van der Waals surface area contributed by atoms with Crippen LogP contribution in [0, 0.1) is 11.8 Å². The zero-order valence-corrected chi connectivity index (χ0v) is 41.9. The molecule has 1 unspecified atom stereocenters. The molecule has 0 bridgehead atoms. The molecule has 4 rings (SSSR count). The first kappa shape index (κ1) is 58.9. The third-order valence-corrected chi connectivity index (χ3v) is 10.6. The Labute approximate surface area is 427 Å². The lowest BCUT2D eigenvalue weighted by Crippen LogP contribution is -2.30. The van der Waals surface area contributed by atoms with Crippen LogP contribution in [0.25, 0.3) is 0 Å². The second kappa shape index (κ2) is 31.7. The van der Waals surface area contributed by atoms with E-state index in [4.69, 9.17) is 56.8 Å². The van der Waals surface area contributed by atoms with Crippen molar-refractivity contribution in [1.82, 2.24) is 0 Å². The summed E-state index contributed by atoms with van der Waals surface area (Å²) in [4.78, 5) is 114. The zero-order chi connectivity index (χ0) is 53.8. The van der Waals surface area contributed by atoms with Crippen molar-refractivity contribution < 1.29 is 100.0 Å². The maximum atomic E-state index is 13.5. The van der Waals surface area contributed by atoms with Crippen LogP contribution in [0.15, 0.2) is 73.3 Å². The highest BCUT2D eigenvalue weighted by Gasteiger charge is 2.33. The van der Waals surface area contributed by atoms with Gasteiger partial charge in [-0.15, -0.1) is 0 Å². The Kier molecular flexibility index (Phi) is 25.3. The molecule has 3 aromatic carbocycles. The predicted octanol–water partition coefficient (Wildman–Crippen LogP) is 6.68. The lowest BCUT2D eigenvalue weighted by Gasteiger charge is -2.26. The Morgan fingerprint density at radius 2 is 1.07 bits per heavy atom. The first-order valence-electron chi connectivity index (χ1n) is 24.1. The molecule has 0 heterocycles. The van der Waals surface area contributed by atoms with Crippen molar-refractivity contribution in [3.05, 3.63) is 90.0 Å². The summed E-state index contributed by atoms with van der Waals surface area (Å²) in [6.45, 7) is 10.8. The van der Waals surface area contributed by atoms with Gasteiger partial charge in [0.1, 0.15) is 65.8 Å². The van der Waals surface area contributed by atoms with E-state index in [2.05, 4.69) is 6.58 Å². The summed E-state index contributed by atoms with van der Waals surface area (Å²) in [6.07, 6.45) is 1.60. The number of rotatable bonds is 30. The van der Waals surface area contributed by atoms with Gasteiger partial charge in [0, 0.05) is 26.2 Å². The van der Waals surface area contributed by atoms with E-state index < -0.39 is 72.1 Å². The normalized spacial score (nSPS) is 14.2. The molecule has 0 N–H and O–H groups in total. The van der Waals surface area contributed by atoms with Gasteiger partial charge in [-0.2, -0.15) is 0 Å². The van der Waals surface area contributed by atoms with E-state index in [1.807, 2.05) is 0 Å². The maximum absolute atomic E-state index is 13.5. The first-order valence-corrected chi connectivity index (χ1v) is 24.1. The lowest BCUT2D eigenvalue weighted by atomic mass is 9.82. The van der Waals surface area contributed by atoms with E-state index in [1.165, 1.54) is 62.4 Å². The fourth-order valence-electron chi connectivity index (χ4n) is 6.83. The van der Waals surface area contributed by atoms with Gasteiger partial charge < -0.3 is 56.8 Å². The van der Waals surface area contributed by atoms with Crippen molar-refractivity contribution in [3.8, 4) is 28.7 Å². The number of unbranched alkanes of at least 4 members (excludes halogenated alkanes) is 1. The minimum atomic E-state index is -0.913. The number of benzene rings is 3. The molecule has 1 fully saturated rings. The number of hydrogen-bond donors (Lipinski definition) is 0. The predicted molar refractivity (Wildman–Crippen MR) is 257 cm³/mol. The van der Waals surface area contributed by atoms with Gasteiger partial charge in [0.05, 0.1) is 56.7 Å². The summed E-state index contributed by atoms with van der Waals surface area (Å²) in [5, 5.41) is 0. The largest absolute Gasteiger partial charge is 0.494 e. The molecule has 1 aliphatic carbocycles. The highest BCUT2D eigenvalue weighted by atomic mass is 16.6. The minimum absolute atomic E-state index is 0.0262. The molecule has 74 heavy (non-hydrogen) atoms. The molecule has 21 heteroatoms. The van der Waals surface area contributed by atoms with Gasteiger partial charge in [-0.25, -0.2) is 19.2 Å². The van der Waals surface area contributed by atoms with Crippen LogP contribution < -0.4 is 23.7 Å². The molecule has 0 aliphatic heterocycles. The van der Waals surface area contributed by atoms with Crippen LogP contribution in [-0.2, 0) is 61.9 Å². The average molecular weight is 1040 g/mol. The van der Waals surface area contributed by atoms with Crippen molar-refractivity contribution in [2.75, 3.05) is 59.5 Å². The molecular weight excluding hydrogens is 973 g/mol. The van der Waals surface area contributed by atoms with Crippen LogP contribution in [0.3, 0.4) is 0 Å². The summed E-state index contributed by atoms with van der Waals surface area (Å²) in [5.41, 5.74) is -0.287. The molecule has 1 saturated carbocycles.